The topological polar surface area (TPSA) is 28.7 Å². The van der Waals surface area contributed by atoms with Gasteiger partial charge in [-0.2, -0.15) is 13.2 Å². The van der Waals surface area contributed by atoms with Crippen LogP contribution in [0.25, 0.3) is 0 Å². The average molecular weight is 246 g/mol. The molecule has 2 rings (SSSR count). The molecule has 1 N–H and O–H groups in total. The van der Waals surface area contributed by atoms with E-state index in [1.54, 1.807) is 0 Å². The fourth-order valence-corrected chi connectivity index (χ4v) is 2.21. The molecule has 0 spiro atoms. The van der Waals surface area contributed by atoms with Gasteiger partial charge in [-0.3, -0.25) is 0 Å². The first-order chi connectivity index (χ1) is 7.91. The van der Waals surface area contributed by atoms with E-state index in [1.807, 2.05) is 13.8 Å². The predicted molar refractivity (Wildman–Crippen MR) is 58.9 cm³/mol. The molecule has 0 aliphatic heterocycles. The first-order valence-electron chi connectivity index (χ1n) is 6.06. The van der Waals surface area contributed by atoms with Crippen molar-refractivity contribution in [1.82, 2.24) is 9.97 Å². The first-order valence-corrected chi connectivity index (χ1v) is 6.06. The predicted octanol–water partition coefficient (Wildman–Crippen LogP) is 3.59. The van der Waals surface area contributed by atoms with E-state index in [-0.39, 0.29) is 18.8 Å². The van der Waals surface area contributed by atoms with Crippen LogP contribution < -0.4 is 0 Å². The minimum atomic E-state index is -4.08. The van der Waals surface area contributed by atoms with Crippen molar-refractivity contribution >= 4 is 0 Å². The van der Waals surface area contributed by atoms with E-state index in [4.69, 9.17) is 0 Å². The van der Waals surface area contributed by atoms with Gasteiger partial charge < -0.3 is 4.98 Å². The molecule has 0 bridgehead atoms. The number of nitrogens with one attached hydrogen (secondary N) is 1. The Labute approximate surface area is 98.6 Å². The maximum absolute atomic E-state index is 12.6. The molecule has 0 fully saturated rings. The summed E-state index contributed by atoms with van der Waals surface area (Å²) in [4.78, 5) is 7.49. The maximum atomic E-state index is 12.6. The van der Waals surface area contributed by atoms with Crippen LogP contribution in [0.5, 0.6) is 0 Å². The molecule has 5 heteroatoms. The molecule has 0 amide bonds. The molecule has 96 valence electrons. The van der Waals surface area contributed by atoms with Gasteiger partial charge in [0.2, 0.25) is 0 Å². The van der Waals surface area contributed by atoms with Crippen LogP contribution in [0.2, 0.25) is 0 Å². The zero-order chi connectivity index (χ0) is 12.6. The van der Waals surface area contributed by atoms with Gasteiger partial charge in [0.25, 0.3) is 0 Å². The van der Waals surface area contributed by atoms with E-state index in [2.05, 4.69) is 9.97 Å². The highest BCUT2D eigenvalue weighted by Crippen LogP contribution is 2.36. The second-order valence-electron chi connectivity index (χ2n) is 4.84. The van der Waals surface area contributed by atoms with Gasteiger partial charge in [-0.05, 0) is 19.3 Å². The lowest BCUT2D eigenvalue weighted by atomic mass is 9.89. The number of nitrogens with zero attached hydrogens (tertiary/aromatic N) is 1. The lowest BCUT2D eigenvalue weighted by Gasteiger charge is -2.23. The van der Waals surface area contributed by atoms with Crippen molar-refractivity contribution in [3.05, 3.63) is 17.2 Å². The first kappa shape index (κ1) is 12.5. The lowest BCUT2D eigenvalue weighted by molar-refractivity contribution is -0.177. The van der Waals surface area contributed by atoms with Crippen molar-refractivity contribution in [2.75, 3.05) is 0 Å². The summed E-state index contributed by atoms with van der Waals surface area (Å²) in [5.41, 5.74) is 1.52. The van der Waals surface area contributed by atoms with Crippen LogP contribution in [0.1, 0.15) is 49.8 Å². The van der Waals surface area contributed by atoms with Crippen molar-refractivity contribution in [2.45, 2.75) is 51.6 Å². The van der Waals surface area contributed by atoms with Gasteiger partial charge in [0.05, 0.1) is 11.6 Å². The Kier molecular flexibility index (Phi) is 3.19. The van der Waals surface area contributed by atoms with Crippen LogP contribution >= 0.6 is 0 Å². The van der Waals surface area contributed by atoms with E-state index >= 15 is 0 Å². The van der Waals surface area contributed by atoms with E-state index in [9.17, 15) is 13.2 Å². The number of hydrogen-bond acceptors (Lipinski definition) is 1. The lowest BCUT2D eigenvalue weighted by Crippen LogP contribution is -2.28. The van der Waals surface area contributed by atoms with E-state index < -0.39 is 12.1 Å². The minimum Gasteiger partial charge on any atom is -0.345 e. The maximum Gasteiger partial charge on any atom is 0.392 e. The molecule has 1 aliphatic carbocycles. The number of aryl methyl sites for hydroxylation is 1. The highest BCUT2D eigenvalue weighted by molar-refractivity contribution is 5.20. The summed E-state index contributed by atoms with van der Waals surface area (Å²) in [7, 11) is 0. The summed E-state index contributed by atoms with van der Waals surface area (Å²) >= 11 is 0. The molecule has 0 saturated heterocycles. The Hall–Kier alpha value is -1.00. The third kappa shape index (κ3) is 2.48. The summed E-state index contributed by atoms with van der Waals surface area (Å²) in [5.74, 6) is -0.0921. The van der Waals surface area contributed by atoms with Crippen molar-refractivity contribution < 1.29 is 13.2 Å². The molecule has 17 heavy (non-hydrogen) atoms. The number of rotatable bonds is 2. The van der Waals surface area contributed by atoms with Gasteiger partial charge in [0.15, 0.2) is 0 Å². The zero-order valence-electron chi connectivity index (χ0n) is 10.1. The quantitative estimate of drug-likeness (QED) is 0.848. The van der Waals surface area contributed by atoms with Crippen molar-refractivity contribution in [1.29, 1.82) is 0 Å². The third-order valence-electron chi connectivity index (χ3n) is 3.60. The van der Waals surface area contributed by atoms with E-state index in [0.29, 0.717) is 12.1 Å². The highest BCUT2D eigenvalue weighted by atomic mass is 19.4. The summed E-state index contributed by atoms with van der Waals surface area (Å²) in [6.45, 7) is 4.08. The molecule has 2 unspecified atom stereocenters. The average Bonchev–Trinajstić information content (AvgIpc) is 2.69. The summed E-state index contributed by atoms with van der Waals surface area (Å²) in [6, 6.07) is 0. The number of halogens is 3. The number of aromatic amines is 1. The molecule has 1 aromatic rings. The second-order valence-corrected chi connectivity index (χ2v) is 4.84. The summed E-state index contributed by atoms with van der Waals surface area (Å²) in [5, 5.41) is 0. The Morgan fingerprint density at radius 3 is 2.76 bits per heavy atom. The summed E-state index contributed by atoms with van der Waals surface area (Å²) in [6.07, 6.45) is -2.48. The fourth-order valence-electron chi connectivity index (χ4n) is 2.21. The Bertz CT molecular complexity index is 395. The number of hydrogen-bond donors (Lipinski definition) is 1. The number of H-pyrrole nitrogens is 1. The minimum absolute atomic E-state index is 0.0578. The Morgan fingerprint density at radius 1 is 1.47 bits per heavy atom. The molecule has 1 aliphatic rings. The van der Waals surface area contributed by atoms with Gasteiger partial charge in [-0.15, -0.1) is 0 Å². The fraction of sp³-hybridized carbons (Fsp3) is 0.750. The van der Waals surface area contributed by atoms with Crippen LogP contribution in [-0.4, -0.2) is 16.1 Å². The van der Waals surface area contributed by atoms with E-state index in [0.717, 1.165) is 17.9 Å². The van der Waals surface area contributed by atoms with Crippen molar-refractivity contribution in [2.24, 2.45) is 5.92 Å². The Morgan fingerprint density at radius 2 is 2.18 bits per heavy atom. The van der Waals surface area contributed by atoms with Crippen molar-refractivity contribution in [3.63, 3.8) is 0 Å². The van der Waals surface area contributed by atoms with Crippen LogP contribution in [0.15, 0.2) is 0 Å². The van der Waals surface area contributed by atoms with Gasteiger partial charge in [0.1, 0.15) is 5.82 Å². The van der Waals surface area contributed by atoms with Crippen LogP contribution in [0.3, 0.4) is 0 Å². The van der Waals surface area contributed by atoms with Crippen LogP contribution in [-0.2, 0) is 12.8 Å². The van der Waals surface area contributed by atoms with Gasteiger partial charge in [0, 0.05) is 18.0 Å². The van der Waals surface area contributed by atoms with Crippen molar-refractivity contribution in [3.8, 4) is 0 Å². The van der Waals surface area contributed by atoms with E-state index in [1.165, 1.54) is 0 Å². The number of alkyl halides is 3. The molecular formula is C12H17F3N2. The normalized spacial score (nSPS) is 22.3. The molecule has 0 saturated carbocycles. The molecule has 2 nitrogen and oxygen atoms in total. The van der Waals surface area contributed by atoms with Crippen LogP contribution in [0.4, 0.5) is 13.2 Å². The van der Waals surface area contributed by atoms with Gasteiger partial charge in [-0.25, -0.2) is 4.98 Å². The molecule has 1 aromatic heterocycles. The Balaban J connectivity index is 2.18. The molecule has 0 radical (unpaired) electrons. The standard InChI is InChI=1S/C12H17F3N2/c1-3-7(2)11-16-9-5-4-8(12(13,14)15)6-10(9)17-11/h7-8H,3-6H2,1-2H3,(H,16,17). The summed E-state index contributed by atoms with van der Waals surface area (Å²) < 4.78 is 37.9. The number of aromatic nitrogens is 2. The largest absolute Gasteiger partial charge is 0.392 e. The molecule has 0 aromatic carbocycles. The monoisotopic (exact) mass is 246 g/mol. The van der Waals surface area contributed by atoms with Gasteiger partial charge in [-0.1, -0.05) is 13.8 Å². The van der Waals surface area contributed by atoms with Gasteiger partial charge >= 0.3 is 6.18 Å². The second kappa shape index (κ2) is 4.35. The number of fused-ring (bicyclic) bond motifs is 1. The number of imidazole rings is 1. The molecule has 2 atom stereocenters. The molecular weight excluding hydrogens is 229 g/mol. The molecule has 1 heterocycles. The smallest absolute Gasteiger partial charge is 0.345 e. The highest BCUT2D eigenvalue weighted by Gasteiger charge is 2.42. The third-order valence-corrected chi connectivity index (χ3v) is 3.60. The van der Waals surface area contributed by atoms with Crippen LogP contribution in [0, 0.1) is 5.92 Å². The SMILES string of the molecule is CCC(C)c1nc2c([nH]1)CC(C(F)(F)F)CC2. The zero-order valence-corrected chi connectivity index (χ0v) is 10.1.